The molecule has 0 saturated heterocycles. The molecule has 0 aliphatic heterocycles. The molecule has 2 rings (SSSR count). The van der Waals surface area contributed by atoms with Crippen LogP contribution in [-0.4, -0.2) is 5.78 Å². The highest BCUT2D eigenvalue weighted by molar-refractivity contribution is 14.1. The minimum atomic E-state index is 0.160. The molecule has 0 N–H and O–H groups in total. The van der Waals surface area contributed by atoms with E-state index in [1.807, 2.05) is 23.6 Å². The van der Waals surface area contributed by atoms with Gasteiger partial charge in [-0.15, -0.1) is 22.7 Å². The summed E-state index contributed by atoms with van der Waals surface area (Å²) < 4.78 is 1.87. The molecule has 0 atom stereocenters. The van der Waals surface area contributed by atoms with Crippen molar-refractivity contribution in [3.8, 4) is 0 Å². The van der Waals surface area contributed by atoms with Gasteiger partial charge in [-0.1, -0.05) is 11.6 Å². The largest absolute Gasteiger partial charge is 0.294 e. The van der Waals surface area contributed by atoms with Gasteiger partial charge >= 0.3 is 0 Å². The summed E-state index contributed by atoms with van der Waals surface area (Å²) in [5.74, 6) is 0.160. The van der Waals surface area contributed by atoms with Gasteiger partial charge in [-0.25, -0.2) is 0 Å². The van der Waals surface area contributed by atoms with Crippen LogP contribution in [0.25, 0.3) is 0 Å². The van der Waals surface area contributed by atoms with Crippen molar-refractivity contribution in [2.24, 2.45) is 0 Å². The number of halogens is 2. The van der Waals surface area contributed by atoms with Gasteiger partial charge in [0, 0.05) is 22.2 Å². The van der Waals surface area contributed by atoms with Crippen LogP contribution >= 0.6 is 56.9 Å². The van der Waals surface area contributed by atoms with Crippen molar-refractivity contribution >= 4 is 62.6 Å². The maximum atomic E-state index is 11.8. The van der Waals surface area contributed by atoms with Gasteiger partial charge in [-0.3, -0.25) is 4.79 Å². The second kappa shape index (κ2) is 4.95. The molecule has 5 heteroatoms. The smallest absolute Gasteiger partial charge is 0.168 e. The Hall–Kier alpha value is 0.0900. The first-order chi connectivity index (χ1) is 7.15. The average Bonchev–Trinajstić information content (AvgIpc) is 2.75. The number of hydrogen-bond donors (Lipinski definition) is 0. The third-order valence-electron chi connectivity index (χ3n) is 1.85. The van der Waals surface area contributed by atoms with Crippen LogP contribution in [0.15, 0.2) is 23.6 Å². The molecule has 0 saturated carbocycles. The lowest BCUT2D eigenvalue weighted by Crippen LogP contribution is -1.99. The fourth-order valence-electron chi connectivity index (χ4n) is 1.16. The lowest BCUT2D eigenvalue weighted by atomic mass is 10.1. The quantitative estimate of drug-likeness (QED) is 0.576. The topological polar surface area (TPSA) is 17.1 Å². The summed E-state index contributed by atoms with van der Waals surface area (Å²) in [4.78, 5) is 12.8. The highest BCUT2D eigenvalue weighted by Crippen LogP contribution is 2.24. The molecule has 2 aromatic heterocycles. The average molecular weight is 369 g/mol. The molecule has 0 aromatic carbocycles. The van der Waals surface area contributed by atoms with Crippen LogP contribution < -0.4 is 0 Å². The summed E-state index contributed by atoms with van der Waals surface area (Å²) in [7, 11) is 0. The first-order valence-electron chi connectivity index (χ1n) is 4.16. The molecular formula is C10H6ClIOS2. The number of carbonyl (C=O) groups excluding carboxylic acids is 1. The lowest BCUT2D eigenvalue weighted by Gasteiger charge is -1.93. The van der Waals surface area contributed by atoms with Gasteiger partial charge < -0.3 is 0 Å². The number of Topliss-reactive ketones (excluding diaryl/α,β-unsaturated/α-hetero) is 1. The molecule has 15 heavy (non-hydrogen) atoms. The van der Waals surface area contributed by atoms with Crippen LogP contribution in [0.1, 0.15) is 15.2 Å². The van der Waals surface area contributed by atoms with Gasteiger partial charge in [0.2, 0.25) is 0 Å². The fourth-order valence-corrected chi connectivity index (χ4v) is 3.60. The minimum absolute atomic E-state index is 0.160. The van der Waals surface area contributed by atoms with Gasteiger partial charge in [0.05, 0.1) is 7.22 Å². The second-order valence-electron chi connectivity index (χ2n) is 2.95. The third-order valence-corrected chi connectivity index (χ3v) is 4.87. The van der Waals surface area contributed by atoms with Gasteiger partial charge in [0.15, 0.2) is 5.78 Å². The van der Waals surface area contributed by atoms with Crippen molar-refractivity contribution < 1.29 is 4.79 Å². The molecule has 0 aliphatic rings. The van der Waals surface area contributed by atoms with E-state index < -0.39 is 0 Å². The number of carbonyl (C=O) groups is 1. The Morgan fingerprint density at radius 3 is 2.80 bits per heavy atom. The van der Waals surface area contributed by atoms with E-state index in [-0.39, 0.29) is 5.78 Å². The molecule has 1 nitrogen and oxygen atoms in total. The van der Waals surface area contributed by atoms with Crippen LogP contribution in [0.2, 0.25) is 4.34 Å². The maximum Gasteiger partial charge on any atom is 0.168 e. The van der Waals surface area contributed by atoms with E-state index in [1.165, 1.54) is 11.3 Å². The Morgan fingerprint density at radius 1 is 1.47 bits per heavy atom. The minimum Gasteiger partial charge on any atom is -0.294 e. The zero-order chi connectivity index (χ0) is 10.8. The monoisotopic (exact) mass is 368 g/mol. The number of thiophene rings is 2. The summed E-state index contributed by atoms with van der Waals surface area (Å²) in [5, 5.41) is 1.90. The van der Waals surface area contributed by atoms with E-state index in [2.05, 4.69) is 22.6 Å². The molecule has 2 heterocycles. The Bertz CT molecular complexity index is 489. The normalized spacial score (nSPS) is 10.5. The summed E-state index contributed by atoms with van der Waals surface area (Å²) >= 11 is 11.1. The SMILES string of the molecule is O=C(Cc1ccc(Cl)s1)c1csc(I)c1. The highest BCUT2D eigenvalue weighted by Gasteiger charge is 2.10. The van der Waals surface area contributed by atoms with Crippen molar-refractivity contribution in [3.63, 3.8) is 0 Å². The molecule has 0 aliphatic carbocycles. The predicted molar refractivity (Wildman–Crippen MR) is 74.4 cm³/mol. The van der Waals surface area contributed by atoms with E-state index >= 15 is 0 Å². The van der Waals surface area contributed by atoms with E-state index in [1.54, 1.807) is 11.3 Å². The van der Waals surface area contributed by atoms with Crippen molar-refractivity contribution in [2.75, 3.05) is 0 Å². The Morgan fingerprint density at radius 2 is 2.27 bits per heavy atom. The summed E-state index contributed by atoms with van der Waals surface area (Å²) in [6.45, 7) is 0. The molecule has 0 spiro atoms. The van der Waals surface area contributed by atoms with E-state index in [4.69, 9.17) is 11.6 Å². The zero-order valence-electron chi connectivity index (χ0n) is 7.50. The van der Waals surface area contributed by atoms with Gasteiger partial charge in [0.25, 0.3) is 0 Å². The Kier molecular flexibility index (Phi) is 3.82. The number of hydrogen-bond acceptors (Lipinski definition) is 3. The summed E-state index contributed by atoms with van der Waals surface area (Å²) in [6.07, 6.45) is 0.449. The molecular weight excluding hydrogens is 363 g/mol. The molecule has 0 radical (unpaired) electrons. The third kappa shape index (κ3) is 3.03. The van der Waals surface area contributed by atoms with E-state index in [0.29, 0.717) is 6.42 Å². The number of rotatable bonds is 3. The van der Waals surface area contributed by atoms with Crippen LogP contribution in [-0.2, 0) is 6.42 Å². The highest BCUT2D eigenvalue weighted by atomic mass is 127. The molecule has 0 fully saturated rings. The maximum absolute atomic E-state index is 11.8. The van der Waals surface area contributed by atoms with Crippen LogP contribution in [0.4, 0.5) is 0 Å². The Balaban J connectivity index is 2.10. The molecule has 0 bridgehead atoms. The fraction of sp³-hybridized carbons (Fsp3) is 0.100. The predicted octanol–water partition coefficient (Wildman–Crippen LogP) is 4.49. The van der Waals surface area contributed by atoms with Crippen LogP contribution in [0.3, 0.4) is 0 Å². The molecule has 0 unspecified atom stereocenters. The first kappa shape index (κ1) is 11.6. The van der Waals surface area contributed by atoms with Gasteiger partial charge in [0.1, 0.15) is 0 Å². The van der Waals surface area contributed by atoms with Crippen LogP contribution in [0.5, 0.6) is 0 Å². The Labute approximate surface area is 114 Å². The van der Waals surface area contributed by atoms with E-state index in [9.17, 15) is 4.79 Å². The van der Waals surface area contributed by atoms with Crippen molar-refractivity contribution in [1.29, 1.82) is 0 Å². The summed E-state index contributed by atoms with van der Waals surface area (Å²) in [5.41, 5.74) is 0.800. The van der Waals surface area contributed by atoms with E-state index in [0.717, 1.165) is 17.7 Å². The second-order valence-corrected chi connectivity index (χ2v) is 7.55. The van der Waals surface area contributed by atoms with Gasteiger partial charge in [-0.2, -0.15) is 0 Å². The molecule has 78 valence electrons. The van der Waals surface area contributed by atoms with Gasteiger partial charge in [-0.05, 0) is 40.8 Å². The first-order valence-corrected chi connectivity index (χ1v) is 7.32. The van der Waals surface area contributed by atoms with Crippen molar-refractivity contribution in [2.45, 2.75) is 6.42 Å². The summed E-state index contributed by atoms with van der Waals surface area (Å²) in [6, 6.07) is 5.65. The van der Waals surface area contributed by atoms with Crippen LogP contribution in [0, 0.1) is 2.88 Å². The number of ketones is 1. The van der Waals surface area contributed by atoms with Crippen molar-refractivity contribution in [3.05, 3.63) is 41.2 Å². The standard InChI is InChI=1S/C10H6ClIOS2/c11-9-2-1-7(15-9)4-8(13)6-3-10(12)14-5-6/h1-3,5H,4H2. The molecule has 2 aromatic rings. The molecule has 0 amide bonds. The van der Waals surface area contributed by atoms with Crippen molar-refractivity contribution in [1.82, 2.24) is 0 Å². The zero-order valence-corrected chi connectivity index (χ0v) is 12.0. The lowest BCUT2D eigenvalue weighted by molar-refractivity contribution is 0.0994.